The predicted molar refractivity (Wildman–Crippen MR) is 135 cm³/mol. The first kappa shape index (κ1) is 22.8. The lowest BCUT2D eigenvalue weighted by atomic mass is 10.1. The fraction of sp³-hybridized carbons (Fsp3) is 0.346. The van der Waals surface area contributed by atoms with Crippen LogP contribution in [0, 0.1) is 12.8 Å². The second kappa shape index (κ2) is 8.65. The van der Waals surface area contributed by atoms with Gasteiger partial charge < -0.3 is 18.9 Å². The molecule has 0 saturated heterocycles. The van der Waals surface area contributed by atoms with E-state index in [0.717, 1.165) is 16.8 Å². The summed E-state index contributed by atoms with van der Waals surface area (Å²) in [6.45, 7) is 5.63. The van der Waals surface area contributed by atoms with Crippen molar-refractivity contribution in [3.8, 4) is 11.5 Å². The lowest BCUT2D eigenvalue weighted by molar-refractivity contribution is 0.392. The summed E-state index contributed by atoms with van der Waals surface area (Å²) < 4.78 is 15.7. The molecule has 35 heavy (non-hydrogen) atoms. The average Bonchev–Trinajstić information content (AvgIpc) is 3.25. The molecule has 1 atom stereocenters. The van der Waals surface area contributed by atoms with Crippen molar-refractivity contribution < 1.29 is 9.47 Å². The van der Waals surface area contributed by atoms with Crippen molar-refractivity contribution in [2.75, 3.05) is 25.7 Å². The molecular weight excluding hydrogens is 446 g/mol. The van der Waals surface area contributed by atoms with E-state index in [-0.39, 0.29) is 23.7 Å². The molecule has 9 heteroatoms. The first-order valence-electron chi connectivity index (χ1n) is 11.6. The highest BCUT2D eigenvalue weighted by atomic mass is 16.5. The second-order valence-corrected chi connectivity index (χ2v) is 9.11. The van der Waals surface area contributed by atoms with Gasteiger partial charge in [0.25, 0.3) is 5.56 Å². The van der Waals surface area contributed by atoms with Crippen molar-refractivity contribution in [1.29, 1.82) is 0 Å². The number of hydrogen-bond donors (Lipinski definition) is 0. The van der Waals surface area contributed by atoms with Gasteiger partial charge in [0.05, 0.1) is 26.5 Å². The third kappa shape index (κ3) is 3.67. The highest BCUT2D eigenvalue weighted by Crippen LogP contribution is 2.39. The summed E-state index contributed by atoms with van der Waals surface area (Å²) in [5.74, 6) is 2.17. The van der Waals surface area contributed by atoms with Crippen LogP contribution in [0.2, 0.25) is 0 Å². The third-order valence-corrected chi connectivity index (χ3v) is 6.71. The standard InChI is InChI=1S/C26H29N5O4/c1-16-13-29(20-11-10-19(34-4)12-21(20)35-5)25-27-23-22(30(25)14-16)24(32)31(26(33)28(23)3)15-18-9-7-6-8-17(18)2/h6-12,16H,13-15H2,1-5H3. The van der Waals surface area contributed by atoms with Gasteiger partial charge in [0.2, 0.25) is 5.95 Å². The van der Waals surface area contributed by atoms with Gasteiger partial charge in [-0.25, -0.2) is 4.79 Å². The maximum atomic E-state index is 13.7. The Bertz CT molecular complexity index is 1550. The van der Waals surface area contributed by atoms with E-state index in [4.69, 9.17) is 14.5 Å². The van der Waals surface area contributed by atoms with Crippen LogP contribution in [0.5, 0.6) is 11.5 Å². The van der Waals surface area contributed by atoms with Crippen molar-refractivity contribution in [3.63, 3.8) is 0 Å². The van der Waals surface area contributed by atoms with E-state index >= 15 is 0 Å². The molecule has 0 radical (unpaired) electrons. The lowest BCUT2D eigenvalue weighted by Crippen LogP contribution is -2.40. The van der Waals surface area contributed by atoms with Crippen molar-refractivity contribution in [2.24, 2.45) is 13.0 Å². The van der Waals surface area contributed by atoms with Crippen molar-refractivity contribution in [2.45, 2.75) is 26.9 Å². The highest BCUT2D eigenvalue weighted by molar-refractivity contribution is 5.78. The van der Waals surface area contributed by atoms with Gasteiger partial charge in [-0.2, -0.15) is 4.98 Å². The van der Waals surface area contributed by atoms with Crippen LogP contribution in [-0.2, 0) is 20.1 Å². The average molecular weight is 476 g/mol. The van der Waals surface area contributed by atoms with Gasteiger partial charge in [0, 0.05) is 26.2 Å². The topological polar surface area (TPSA) is 83.5 Å². The molecule has 4 aromatic rings. The van der Waals surface area contributed by atoms with Gasteiger partial charge in [-0.05, 0) is 36.1 Å². The molecule has 2 aromatic heterocycles. The third-order valence-electron chi connectivity index (χ3n) is 6.71. The van der Waals surface area contributed by atoms with E-state index in [9.17, 15) is 9.59 Å². The minimum absolute atomic E-state index is 0.209. The molecule has 182 valence electrons. The summed E-state index contributed by atoms with van der Waals surface area (Å²) in [4.78, 5) is 33.8. The van der Waals surface area contributed by atoms with Gasteiger partial charge in [-0.1, -0.05) is 31.2 Å². The van der Waals surface area contributed by atoms with Crippen LogP contribution >= 0.6 is 0 Å². The number of ether oxygens (including phenoxy) is 2. The zero-order valence-electron chi connectivity index (χ0n) is 20.6. The molecular formula is C26H29N5O4. The van der Waals surface area contributed by atoms with Crippen molar-refractivity contribution in [1.82, 2.24) is 18.7 Å². The van der Waals surface area contributed by atoms with Crippen LogP contribution in [0.3, 0.4) is 0 Å². The maximum Gasteiger partial charge on any atom is 0.332 e. The molecule has 0 aliphatic carbocycles. The van der Waals surface area contributed by atoms with Gasteiger partial charge in [-0.3, -0.25) is 13.9 Å². The van der Waals surface area contributed by atoms with E-state index in [0.29, 0.717) is 41.7 Å². The predicted octanol–water partition coefficient (Wildman–Crippen LogP) is 3.06. The summed E-state index contributed by atoms with van der Waals surface area (Å²) in [5, 5.41) is 0. The molecule has 0 fully saturated rings. The van der Waals surface area contributed by atoms with Crippen LogP contribution in [0.1, 0.15) is 18.1 Å². The Kier molecular flexibility index (Phi) is 5.62. The Morgan fingerprint density at radius 2 is 1.83 bits per heavy atom. The molecule has 1 aliphatic rings. The Hall–Kier alpha value is -4.01. The van der Waals surface area contributed by atoms with Gasteiger partial charge >= 0.3 is 5.69 Å². The Labute approximate surface area is 202 Å². The van der Waals surface area contributed by atoms with Crippen LogP contribution < -0.4 is 25.6 Å². The quantitative estimate of drug-likeness (QED) is 0.441. The second-order valence-electron chi connectivity index (χ2n) is 9.11. The minimum atomic E-state index is -0.386. The molecule has 0 saturated carbocycles. The molecule has 3 heterocycles. The summed E-state index contributed by atoms with van der Waals surface area (Å²) >= 11 is 0. The summed E-state index contributed by atoms with van der Waals surface area (Å²) in [6, 6.07) is 13.4. The molecule has 0 amide bonds. The largest absolute Gasteiger partial charge is 0.497 e. The minimum Gasteiger partial charge on any atom is -0.497 e. The molecule has 5 rings (SSSR count). The van der Waals surface area contributed by atoms with E-state index < -0.39 is 0 Å². The lowest BCUT2D eigenvalue weighted by Gasteiger charge is -2.33. The number of rotatable bonds is 5. The molecule has 0 spiro atoms. The molecule has 1 aliphatic heterocycles. The van der Waals surface area contributed by atoms with Crippen LogP contribution in [0.15, 0.2) is 52.1 Å². The van der Waals surface area contributed by atoms with E-state index in [2.05, 4.69) is 6.92 Å². The summed E-state index contributed by atoms with van der Waals surface area (Å²) in [7, 11) is 4.89. The Morgan fingerprint density at radius 1 is 1.06 bits per heavy atom. The van der Waals surface area contributed by atoms with E-state index in [1.54, 1.807) is 21.3 Å². The molecule has 0 bridgehead atoms. The molecule has 1 unspecified atom stereocenters. The van der Waals surface area contributed by atoms with Crippen LogP contribution in [-0.4, -0.2) is 39.4 Å². The van der Waals surface area contributed by atoms with Crippen molar-refractivity contribution >= 4 is 22.8 Å². The number of aryl methyl sites for hydroxylation is 2. The monoisotopic (exact) mass is 475 g/mol. The normalized spacial score (nSPS) is 15.3. The maximum absolute atomic E-state index is 13.7. The Balaban J connectivity index is 1.72. The molecule has 9 nitrogen and oxygen atoms in total. The smallest absolute Gasteiger partial charge is 0.332 e. The first-order chi connectivity index (χ1) is 16.8. The van der Waals surface area contributed by atoms with Gasteiger partial charge in [0.1, 0.15) is 11.5 Å². The molecule has 0 N–H and O–H groups in total. The molecule has 2 aromatic carbocycles. The van der Waals surface area contributed by atoms with E-state index in [1.807, 2.05) is 58.9 Å². The Morgan fingerprint density at radius 3 is 2.54 bits per heavy atom. The number of hydrogen-bond acceptors (Lipinski definition) is 6. The number of nitrogens with zero attached hydrogens (tertiary/aromatic N) is 5. The van der Waals surface area contributed by atoms with Gasteiger partial charge in [0.15, 0.2) is 11.2 Å². The number of benzene rings is 2. The first-order valence-corrected chi connectivity index (χ1v) is 11.6. The van der Waals surface area contributed by atoms with E-state index in [1.165, 1.54) is 9.13 Å². The zero-order valence-corrected chi connectivity index (χ0v) is 20.6. The fourth-order valence-electron chi connectivity index (χ4n) is 4.81. The summed E-state index contributed by atoms with van der Waals surface area (Å²) in [6.07, 6.45) is 0. The number of aromatic nitrogens is 4. The summed E-state index contributed by atoms with van der Waals surface area (Å²) in [5.41, 5.74) is 2.87. The van der Waals surface area contributed by atoms with Crippen LogP contribution in [0.25, 0.3) is 11.2 Å². The fourth-order valence-corrected chi connectivity index (χ4v) is 4.81. The SMILES string of the molecule is COc1ccc(N2CC(C)Cn3c2nc2c3c(=O)n(Cc3ccccc3C)c(=O)n2C)c(OC)c1. The van der Waals surface area contributed by atoms with Crippen LogP contribution in [0.4, 0.5) is 11.6 Å². The van der Waals surface area contributed by atoms with Gasteiger partial charge in [-0.15, -0.1) is 0 Å². The number of methoxy groups -OCH3 is 2. The number of imidazole rings is 1. The highest BCUT2D eigenvalue weighted by Gasteiger charge is 2.31. The zero-order chi connectivity index (χ0) is 24.9. The van der Waals surface area contributed by atoms with Crippen molar-refractivity contribution in [3.05, 3.63) is 74.4 Å². The number of anilines is 2. The number of fused-ring (bicyclic) bond motifs is 3.